The lowest BCUT2D eigenvalue weighted by Crippen LogP contribution is -2.15. The Morgan fingerprint density at radius 1 is 0.571 bits per heavy atom. The van der Waals surface area contributed by atoms with Crippen LogP contribution in [0.4, 0.5) is 5.69 Å². The van der Waals surface area contributed by atoms with Crippen molar-refractivity contribution in [2.45, 2.75) is 44.9 Å². The molecular formula is C41H39N. The number of anilines is 1. The molecule has 0 bridgehead atoms. The summed E-state index contributed by atoms with van der Waals surface area (Å²) in [6.07, 6.45) is 15.6. The van der Waals surface area contributed by atoms with E-state index in [4.69, 9.17) is 5.73 Å². The number of fused-ring (bicyclic) bond motifs is 6. The summed E-state index contributed by atoms with van der Waals surface area (Å²) in [7, 11) is 0. The van der Waals surface area contributed by atoms with Crippen LogP contribution < -0.4 is 5.73 Å². The highest BCUT2D eigenvalue weighted by Gasteiger charge is 2.36. The number of allylic oxidation sites excluding steroid dienone is 9. The van der Waals surface area contributed by atoms with E-state index < -0.39 is 0 Å². The first-order valence-corrected chi connectivity index (χ1v) is 14.8. The summed E-state index contributed by atoms with van der Waals surface area (Å²) >= 11 is 0. The van der Waals surface area contributed by atoms with Crippen LogP contribution in [0.3, 0.4) is 0 Å². The van der Waals surface area contributed by atoms with Gasteiger partial charge in [0, 0.05) is 16.5 Å². The van der Waals surface area contributed by atoms with E-state index in [2.05, 4.69) is 144 Å². The standard InChI is InChI=1S/C26H24.C15H15N/c1-19-9-5-4-6-10-20(14-13-19)17-21-15-16-23-22-11-7-8-12-24(22)26(2,3)25(23)18-21;1-15(2)13-6-4-3-5-11(13)12-8-7-10(16)9-14(12)15/h4-16,18H,1,17H2,2-3H3;3-9H,16H2,1-2H3/b6-4-,9-5-,14-13-,20-10+;. The van der Waals surface area contributed by atoms with Gasteiger partial charge in [-0.1, -0.05) is 150 Å². The molecular weight excluding hydrogens is 506 g/mol. The SMILES string of the molecule is C=C1\C=C/C=C\C=C(Cc2ccc3c(c2)C(C)(C)c2ccccc2-3)/C=C\1.CC1(C)c2ccccc2-c2ccc(N)cc21. The van der Waals surface area contributed by atoms with Crippen molar-refractivity contribution in [3.8, 4) is 22.3 Å². The molecule has 3 aliphatic rings. The Hall–Kier alpha value is -4.62. The summed E-state index contributed by atoms with van der Waals surface area (Å²) < 4.78 is 0. The summed E-state index contributed by atoms with van der Waals surface area (Å²) in [6, 6.07) is 30.6. The molecule has 0 amide bonds. The summed E-state index contributed by atoms with van der Waals surface area (Å²) in [4.78, 5) is 0. The predicted octanol–water partition coefficient (Wildman–Crippen LogP) is 10.3. The molecule has 2 N–H and O–H groups in total. The van der Waals surface area contributed by atoms with E-state index in [9.17, 15) is 0 Å². The Morgan fingerprint density at radius 3 is 1.81 bits per heavy atom. The minimum Gasteiger partial charge on any atom is -0.399 e. The first-order valence-electron chi connectivity index (χ1n) is 14.8. The van der Waals surface area contributed by atoms with Crippen molar-refractivity contribution in [2.24, 2.45) is 0 Å². The third-order valence-corrected chi connectivity index (χ3v) is 9.02. The van der Waals surface area contributed by atoms with Crippen LogP contribution in [0, 0.1) is 0 Å². The fourth-order valence-electron chi connectivity index (χ4n) is 6.68. The Morgan fingerprint density at radius 2 is 1.14 bits per heavy atom. The molecule has 42 heavy (non-hydrogen) atoms. The van der Waals surface area contributed by atoms with E-state index in [-0.39, 0.29) is 10.8 Å². The van der Waals surface area contributed by atoms with Gasteiger partial charge >= 0.3 is 0 Å². The smallest absolute Gasteiger partial charge is 0.0317 e. The van der Waals surface area contributed by atoms with E-state index in [1.807, 2.05) is 18.2 Å². The molecule has 0 saturated heterocycles. The number of rotatable bonds is 2. The molecule has 0 radical (unpaired) electrons. The molecule has 1 nitrogen and oxygen atoms in total. The summed E-state index contributed by atoms with van der Waals surface area (Å²) in [6.45, 7) is 13.2. The number of nitrogens with two attached hydrogens (primary N) is 1. The number of hydrogen-bond donors (Lipinski definition) is 1. The minimum absolute atomic E-state index is 0.0582. The first kappa shape index (κ1) is 27.5. The molecule has 4 aromatic rings. The zero-order valence-electron chi connectivity index (χ0n) is 25.1. The van der Waals surface area contributed by atoms with Gasteiger partial charge in [0.2, 0.25) is 0 Å². The van der Waals surface area contributed by atoms with Crippen LogP contribution in [0.2, 0.25) is 0 Å². The van der Waals surface area contributed by atoms with E-state index in [0.29, 0.717) is 0 Å². The van der Waals surface area contributed by atoms with Crippen LogP contribution in [0.25, 0.3) is 22.3 Å². The fraction of sp³-hybridized carbons (Fsp3) is 0.171. The Bertz CT molecular complexity index is 1820. The molecule has 0 spiro atoms. The maximum Gasteiger partial charge on any atom is 0.0317 e. The molecule has 0 aliphatic heterocycles. The van der Waals surface area contributed by atoms with Gasteiger partial charge in [0.25, 0.3) is 0 Å². The van der Waals surface area contributed by atoms with Gasteiger partial charge in [-0.25, -0.2) is 0 Å². The lowest BCUT2D eigenvalue weighted by atomic mass is 9.81. The molecule has 208 valence electrons. The topological polar surface area (TPSA) is 26.0 Å². The Balaban J connectivity index is 0.000000168. The average Bonchev–Trinajstić information content (AvgIpc) is 3.39. The largest absolute Gasteiger partial charge is 0.399 e. The molecule has 0 aromatic heterocycles. The Kier molecular flexibility index (Phi) is 6.99. The molecule has 0 fully saturated rings. The van der Waals surface area contributed by atoms with Crippen LogP contribution in [0.1, 0.15) is 55.5 Å². The van der Waals surface area contributed by atoms with Crippen molar-refractivity contribution in [3.05, 3.63) is 173 Å². The second kappa shape index (κ2) is 10.7. The van der Waals surface area contributed by atoms with Gasteiger partial charge in [-0.2, -0.15) is 0 Å². The van der Waals surface area contributed by atoms with Crippen molar-refractivity contribution in [2.75, 3.05) is 5.73 Å². The monoisotopic (exact) mass is 545 g/mol. The third-order valence-electron chi connectivity index (χ3n) is 9.02. The van der Waals surface area contributed by atoms with Crippen molar-refractivity contribution < 1.29 is 0 Å². The highest BCUT2D eigenvalue weighted by atomic mass is 14.5. The van der Waals surface area contributed by atoms with Gasteiger partial charge < -0.3 is 5.73 Å². The van der Waals surface area contributed by atoms with Crippen LogP contribution >= 0.6 is 0 Å². The van der Waals surface area contributed by atoms with E-state index in [0.717, 1.165) is 17.7 Å². The maximum absolute atomic E-state index is 5.89. The van der Waals surface area contributed by atoms with Gasteiger partial charge in [0.05, 0.1) is 0 Å². The lowest BCUT2D eigenvalue weighted by molar-refractivity contribution is 0.659. The zero-order chi connectivity index (χ0) is 29.5. The molecule has 7 rings (SSSR count). The Labute approximate surface area is 251 Å². The first-order chi connectivity index (χ1) is 20.2. The van der Waals surface area contributed by atoms with Crippen LogP contribution in [-0.4, -0.2) is 0 Å². The van der Waals surface area contributed by atoms with E-state index >= 15 is 0 Å². The summed E-state index contributed by atoms with van der Waals surface area (Å²) in [5.41, 5.74) is 21.6. The average molecular weight is 546 g/mol. The second-order valence-corrected chi connectivity index (χ2v) is 12.6. The molecule has 3 aliphatic carbocycles. The summed E-state index contributed by atoms with van der Waals surface area (Å²) in [5, 5.41) is 0. The lowest BCUT2D eigenvalue weighted by Gasteiger charge is -2.22. The summed E-state index contributed by atoms with van der Waals surface area (Å²) in [5.74, 6) is 0. The van der Waals surface area contributed by atoms with Gasteiger partial charge in [-0.15, -0.1) is 0 Å². The maximum atomic E-state index is 5.89. The number of benzene rings is 4. The third kappa shape index (κ3) is 4.90. The molecule has 0 atom stereocenters. The number of nitrogen functional groups attached to an aromatic ring is 1. The number of hydrogen-bond acceptors (Lipinski definition) is 1. The highest BCUT2D eigenvalue weighted by molar-refractivity contribution is 5.82. The van der Waals surface area contributed by atoms with E-state index in [1.165, 1.54) is 55.6 Å². The van der Waals surface area contributed by atoms with Crippen molar-refractivity contribution in [1.29, 1.82) is 0 Å². The normalized spacial score (nSPS) is 20.1. The van der Waals surface area contributed by atoms with Crippen LogP contribution in [0.5, 0.6) is 0 Å². The second-order valence-electron chi connectivity index (χ2n) is 12.6. The quantitative estimate of drug-likeness (QED) is 0.249. The van der Waals surface area contributed by atoms with Crippen LogP contribution in [0.15, 0.2) is 145 Å². The van der Waals surface area contributed by atoms with Crippen molar-refractivity contribution in [1.82, 2.24) is 0 Å². The predicted molar refractivity (Wildman–Crippen MR) is 181 cm³/mol. The molecule has 1 heteroatoms. The zero-order valence-corrected chi connectivity index (χ0v) is 25.1. The van der Waals surface area contributed by atoms with Crippen molar-refractivity contribution in [3.63, 3.8) is 0 Å². The van der Waals surface area contributed by atoms with Gasteiger partial charge in [0.1, 0.15) is 0 Å². The van der Waals surface area contributed by atoms with Crippen molar-refractivity contribution >= 4 is 5.69 Å². The fourth-order valence-corrected chi connectivity index (χ4v) is 6.68. The van der Waals surface area contributed by atoms with E-state index in [1.54, 1.807) is 0 Å². The molecule has 0 unspecified atom stereocenters. The van der Waals surface area contributed by atoms with Gasteiger partial charge in [-0.3, -0.25) is 0 Å². The highest BCUT2D eigenvalue weighted by Crippen LogP contribution is 2.50. The molecule has 0 heterocycles. The van der Waals surface area contributed by atoms with Crippen LogP contribution in [-0.2, 0) is 17.3 Å². The molecule has 0 saturated carbocycles. The minimum atomic E-state index is 0.0582. The van der Waals surface area contributed by atoms with Gasteiger partial charge in [0.15, 0.2) is 0 Å². The van der Waals surface area contributed by atoms with Gasteiger partial charge in [-0.05, 0) is 79.8 Å². The molecule has 4 aromatic carbocycles.